The van der Waals surface area contributed by atoms with Gasteiger partial charge in [0.2, 0.25) is 0 Å². The first-order valence-electron chi connectivity index (χ1n) is 5.73. The predicted octanol–water partition coefficient (Wildman–Crippen LogP) is 1.31. The molecule has 1 aromatic heterocycles. The number of aromatic nitrogens is 1. The second-order valence-corrected chi connectivity index (χ2v) is 4.39. The molecule has 0 aliphatic carbocycles. The zero-order valence-electron chi connectivity index (χ0n) is 9.70. The highest BCUT2D eigenvalue weighted by molar-refractivity contribution is 5.45. The Labute approximate surface area is 96.2 Å². The van der Waals surface area contributed by atoms with Gasteiger partial charge >= 0.3 is 0 Å². The van der Waals surface area contributed by atoms with Gasteiger partial charge in [-0.2, -0.15) is 0 Å². The molecule has 1 fully saturated rings. The summed E-state index contributed by atoms with van der Waals surface area (Å²) in [5, 5.41) is 3.50. The minimum absolute atomic E-state index is 0.0443. The summed E-state index contributed by atoms with van der Waals surface area (Å²) >= 11 is 0. The van der Waals surface area contributed by atoms with E-state index in [1.807, 2.05) is 6.07 Å². The van der Waals surface area contributed by atoms with Gasteiger partial charge in [0, 0.05) is 26.0 Å². The van der Waals surface area contributed by atoms with Gasteiger partial charge in [-0.05, 0) is 31.4 Å². The lowest BCUT2D eigenvalue weighted by Crippen LogP contribution is -2.49. The van der Waals surface area contributed by atoms with E-state index in [9.17, 15) is 0 Å². The summed E-state index contributed by atoms with van der Waals surface area (Å²) in [5.41, 5.74) is 7.00. The van der Waals surface area contributed by atoms with E-state index in [-0.39, 0.29) is 5.54 Å². The van der Waals surface area contributed by atoms with E-state index in [1.165, 1.54) is 0 Å². The Morgan fingerprint density at radius 2 is 2.25 bits per heavy atom. The molecule has 1 aliphatic rings. The molecule has 1 saturated heterocycles. The van der Waals surface area contributed by atoms with Crippen LogP contribution in [0.1, 0.15) is 18.4 Å². The molecule has 1 aromatic rings. The van der Waals surface area contributed by atoms with Crippen LogP contribution in [-0.4, -0.2) is 30.3 Å². The van der Waals surface area contributed by atoms with E-state index < -0.39 is 0 Å². The van der Waals surface area contributed by atoms with Crippen LogP contribution in [0.3, 0.4) is 0 Å². The summed E-state index contributed by atoms with van der Waals surface area (Å²) in [7, 11) is 0. The molecule has 0 atom stereocenters. The Bertz CT molecular complexity index is 348. The van der Waals surface area contributed by atoms with Crippen molar-refractivity contribution in [2.75, 3.05) is 25.1 Å². The van der Waals surface area contributed by atoms with Crippen LogP contribution in [0.2, 0.25) is 0 Å². The zero-order valence-corrected chi connectivity index (χ0v) is 9.70. The maximum atomic E-state index is 5.89. The summed E-state index contributed by atoms with van der Waals surface area (Å²) in [6, 6.07) is 4.00. The molecule has 0 bridgehead atoms. The molecule has 0 aromatic carbocycles. The first kappa shape index (κ1) is 11.4. The number of pyridine rings is 1. The monoisotopic (exact) mass is 221 g/mol. The summed E-state index contributed by atoms with van der Waals surface area (Å²) in [6.45, 7) is 4.22. The summed E-state index contributed by atoms with van der Waals surface area (Å²) in [5.74, 6) is 0.940. The predicted molar refractivity (Wildman–Crippen MR) is 64.4 cm³/mol. The van der Waals surface area contributed by atoms with Crippen molar-refractivity contribution in [1.29, 1.82) is 0 Å². The lowest BCUT2D eigenvalue weighted by atomic mass is 9.90. The van der Waals surface area contributed by atoms with Crippen LogP contribution in [0.4, 0.5) is 5.82 Å². The first-order chi connectivity index (χ1) is 7.76. The number of hydrogen-bond acceptors (Lipinski definition) is 4. The molecule has 4 heteroatoms. The fourth-order valence-electron chi connectivity index (χ4n) is 2.01. The van der Waals surface area contributed by atoms with Crippen molar-refractivity contribution < 1.29 is 4.74 Å². The van der Waals surface area contributed by atoms with Crippen molar-refractivity contribution in [2.45, 2.75) is 25.3 Å². The summed E-state index contributed by atoms with van der Waals surface area (Å²) in [6.07, 6.45) is 3.69. The second-order valence-electron chi connectivity index (χ2n) is 4.39. The van der Waals surface area contributed by atoms with Gasteiger partial charge in [-0.1, -0.05) is 6.07 Å². The first-order valence-corrected chi connectivity index (χ1v) is 5.73. The molecule has 0 unspecified atom stereocenters. The normalized spacial score (nSPS) is 19.4. The van der Waals surface area contributed by atoms with Gasteiger partial charge < -0.3 is 15.8 Å². The lowest BCUT2D eigenvalue weighted by Gasteiger charge is -2.37. The molecule has 88 valence electrons. The van der Waals surface area contributed by atoms with Crippen molar-refractivity contribution in [2.24, 2.45) is 5.73 Å². The van der Waals surface area contributed by atoms with E-state index >= 15 is 0 Å². The van der Waals surface area contributed by atoms with Crippen LogP contribution in [-0.2, 0) is 4.74 Å². The summed E-state index contributed by atoms with van der Waals surface area (Å²) < 4.78 is 5.38. The minimum atomic E-state index is -0.0443. The van der Waals surface area contributed by atoms with Crippen LogP contribution < -0.4 is 11.1 Å². The summed E-state index contributed by atoms with van der Waals surface area (Å²) in [4.78, 5) is 4.36. The fourth-order valence-corrected chi connectivity index (χ4v) is 2.01. The quantitative estimate of drug-likeness (QED) is 0.808. The maximum absolute atomic E-state index is 5.89. The molecule has 0 amide bonds. The highest BCUT2D eigenvalue weighted by Crippen LogP contribution is 2.25. The van der Waals surface area contributed by atoms with Gasteiger partial charge in [-0.15, -0.1) is 0 Å². The number of nitrogens with two attached hydrogens (primary N) is 1. The Morgan fingerprint density at radius 1 is 1.50 bits per heavy atom. The molecule has 3 N–H and O–H groups in total. The highest BCUT2D eigenvalue weighted by Gasteiger charge is 2.31. The van der Waals surface area contributed by atoms with Crippen LogP contribution in [0.5, 0.6) is 0 Å². The third-order valence-electron chi connectivity index (χ3n) is 3.23. The molecular weight excluding hydrogens is 202 g/mol. The van der Waals surface area contributed by atoms with E-state index in [0.29, 0.717) is 6.54 Å². The van der Waals surface area contributed by atoms with Gasteiger partial charge in [0.1, 0.15) is 5.82 Å². The lowest BCUT2D eigenvalue weighted by molar-refractivity contribution is 0.0626. The maximum Gasteiger partial charge on any atom is 0.129 e. The zero-order chi connectivity index (χ0) is 11.4. The van der Waals surface area contributed by atoms with Gasteiger partial charge in [0.25, 0.3) is 0 Å². The molecule has 0 saturated carbocycles. The minimum Gasteiger partial charge on any atom is -0.381 e. The van der Waals surface area contributed by atoms with Crippen LogP contribution >= 0.6 is 0 Å². The second kappa shape index (κ2) is 4.80. The molecule has 0 spiro atoms. The van der Waals surface area contributed by atoms with Crippen molar-refractivity contribution >= 4 is 5.82 Å². The molecule has 4 nitrogen and oxygen atoms in total. The Kier molecular flexibility index (Phi) is 3.41. The topological polar surface area (TPSA) is 60.2 Å². The van der Waals surface area contributed by atoms with E-state index in [2.05, 4.69) is 23.3 Å². The number of rotatable bonds is 3. The number of nitrogens with one attached hydrogen (secondary N) is 1. The number of anilines is 1. The average molecular weight is 221 g/mol. The van der Waals surface area contributed by atoms with Crippen molar-refractivity contribution in [3.05, 3.63) is 23.9 Å². The smallest absolute Gasteiger partial charge is 0.129 e. The third kappa shape index (κ3) is 2.33. The van der Waals surface area contributed by atoms with Crippen LogP contribution in [0.25, 0.3) is 0 Å². The van der Waals surface area contributed by atoms with Gasteiger partial charge in [0.15, 0.2) is 0 Å². The molecule has 0 radical (unpaired) electrons. The largest absolute Gasteiger partial charge is 0.381 e. The van der Waals surface area contributed by atoms with Gasteiger partial charge in [0.05, 0.1) is 5.54 Å². The number of hydrogen-bond donors (Lipinski definition) is 2. The Hall–Kier alpha value is -1.13. The molecule has 16 heavy (non-hydrogen) atoms. The van der Waals surface area contributed by atoms with Gasteiger partial charge in [-0.3, -0.25) is 0 Å². The van der Waals surface area contributed by atoms with E-state index in [0.717, 1.165) is 37.4 Å². The molecule has 2 rings (SSSR count). The number of aryl methyl sites for hydroxylation is 1. The van der Waals surface area contributed by atoms with Crippen molar-refractivity contribution in [3.8, 4) is 0 Å². The number of ether oxygens (including phenoxy) is 1. The Balaban J connectivity index is 2.15. The Morgan fingerprint density at radius 3 is 2.88 bits per heavy atom. The standard InChI is InChI=1S/C12H19N3O/c1-10-3-2-6-14-11(10)15-12(9-13)4-7-16-8-5-12/h2-3,6H,4-5,7-9,13H2,1H3,(H,14,15). The SMILES string of the molecule is Cc1cccnc1NC1(CN)CCOCC1. The molecule has 2 heterocycles. The van der Waals surface area contributed by atoms with Crippen molar-refractivity contribution in [1.82, 2.24) is 4.98 Å². The van der Waals surface area contributed by atoms with Crippen LogP contribution in [0, 0.1) is 6.92 Å². The molecular formula is C12H19N3O. The highest BCUT2D eigenvalue weighted by atomic mass is 16.5. The van der Waals surface area contributed by atoms with E-state index in [4.69, 9.17) is 10.5 Å². The van der Waals surface area contributed by atoms with Gasteiger partial charge in [-0.25, -0.2) is 4.98 Å². The third-order valence-corrected chi connectivity index (χ3v) is 3.23. The average Bonchev–Trinajstić information content (AvgIpc) is 2.33. The molecule has 1 aliphatic heterocycles. The number of nitrogens with zero attached hydrogens (tertiary/aromatic N) is 1. The van der Waals surface area contributed by atoms with Crippen LogP contribution in [0.15, 0.2) is 18.3 Å². The van der Waals surface area contributed by atoms with Crippen molar-refractivity contribution in [3.63, 3.8) is 0 Å². The fraction of sp³-hybridized carbons (Fsp3) is 0.583. The van der Waals surface area contributed by atoms with E-state index in [1.54, 1.807) is 6.20 Å².